The second kappa shape index (κ2) is 18.7. The van der Waals surface area contributed by atoms with Crippen LogP contribution in [0.2, 0.25) is 0 Å². The molecule has 0 bridgehead atoms. The number of fused-ring (bicyclic) bond motifs is 13. The van der Waals surface area contributed by atoms with Crippen LogP contribution in [-0.2, 0) is 5.41 Å². The van der Waals surface area contributed by atoms with Crippen molar-refractivity contribution < 1.29 is 0 Å². The van der Waals surface area contributed by atoms with Gasteiger partial charge in [-0.25, -0.2) is 0 Å². The van der Waals surface area contributed by atoms with Gasteiger partial charge in [0.15, 0.2) is 0 Å². The molecular weight excluding hydrogens is 929 g/mol. The zero-order chi connectivity index (χ0) is 51.8. The van der Waals surface area contributed by atoms with Gasteiger partial charge < -0.3 is 9.47 Å². The van der Waals surface area contributed by atoms with Crippen LogP contribution >= 0.6 is 0 Å². The third kappa shape index (κ3) is 7.60. The van der Waals surface area contributed by atoms with Crippen molar-refractivity contribution in [3.05, 3.63) is 289 Å². The molecule has 2 aliphatic rings. The summed E-state index contributed by atoms with van der Waals surface area (Å²) >= 11 is 0. The molecule has 1 heterocycles. The van der Waals surface area contributed by atoms with Crippen molar-refractivity contribution in [3.63, 3.8) is 0 Å². The Kier molecular flexibility index (Phi) is 11.3. The SMILES string of the molecule is CC(C)CC(c1ccc(-c2ccc3c(c2)C2(c4ccccc4-3)c3ccccc3-c3ccc(N(c4ccc(-c5ccccc5)cc4)c4ccc(-c5ccc6c(c5)c5ccccc5n6-c5ccccc5)cc4)cc32)cc1)C(C)C. The number of aromatic nitrogens is 1. The lowest BCUT2D eigenvalue weighted by molar-refractivity contribution is 0.408. The number of hydrogen-bond acceptors (Lipinski definition) is 1. The van der Waals surface area contributed by atoms with E-state index in [0.29, 0.717) is 17.8 Å². The number of hydrogen-bond donors (Lipinski definition) is 0. The molecule has 370 valence electrons. The summed E-state index contributed by atoms with van der Waals surface area (Å²) in [5, 5.41) is 2.50. The number of rotatable bonds is 11. The Bertz CT molecular complexity index is 4150. The standard InChI is InChI=1S/C75H60N2/c1-49(2)45-67(50(3)4)55-29-27-53(28-30-55)57-35-42-64-62-21-11-14-24-69(62)75(71(64)47-57)70-25-15-12-22-63(70)65-43-41-61(48-72(65)75)76(59-37-31-52(32-38-59)51-17-7-5-8-18-51)60-39-33-54(34-40-60)56-36-44-74-68(46-56)66-23-13-16-26-73(66)77(74)58-19-9-6-10-20-58/h5-44,46-50,67H,45H2,1-4H3. The number of nitrogens with zero attached hydrogens (tertiary/aromatic N) is 2. The number of anilines is 3. The molecule has 12 aromatic rings. The van der Waals surface area contributed by atoms with Crippen molar-refractivity contribution in [1.29, 1.82) is 0 Å². The lowest BCUT2D eigenvalue weighted by Crippen LogP contribution is -2.26. The molecule has 0 amide bonds. The smallest absolute Gasteiger partial charge is 0.0726 e. The van der Waals surface area contributed by atoms with Crippen LogP contribution in [0.3, 0.4) is 0 Å². The third-order valence-electron chi connectivity index (χ3n) is 16.9. The Balaban J connectivity index is 0.911. The summed E-state index contributed by atoms with van der Waals surface area (Å²) in [5.74, 6) is 1.77. The van der Waals surface area contributed by atoms with Crippen LogP contribution in [0.5, 0.6) is 0 Å². The van der Waals surface area contributed by atoms with Crippen LogP contribution in [0, 0.1) is 11.8 Å². The topological polar surface area (TPSA) is 8.17 Å². The summed E-state index contributed by atoms with van der Waals surface area (Å²) in [6.45, 7) is 9.42. The van der Waals surface area contributed by atoms with E-state index in [0.717, 1.165) is 22.7 Å². The van der Waals surface area contributed by atoms with Crippen molar-refractivity contribution in [2.75, 3.05) is 4.90 Å². The average molecular weight is 989 g/mol. The Morgan fingerprint density at radius 1 is 0.351 bits per heavy atom. The van der Waals surface area contributed by atoms with Gasteiger partial charge in [0.1, 0.15) is 0 Å². The highest BCUT2D eigenvalue weighted by molar-refractivity contribution is 6.10. The van der Waals surface area contributed by atoms with Crippen molar-refractivity contribution >= 4 is 38.9 Å². The molecule has 2 aliphatic carbocycles. The van der Waals surface area contributed by atoms with Gasteiger partial charge in [-0.1, -0.05) is 216 Å². The molecule has 77 heavy (non-hydrogen) atoms. The quantitative estimate of drug-likeness (QED) is 0.125. The first kappa shape index (κ1) is 46.5. The van der Waals surface area contributed by atoms with Crippen LogP contribution in [0.4, 0.5) is 17.1 Å². The highest BCUT2D eigenvalue weighted by Crippen LogP contribution is 2.64. The van der Waals surface area contributed by atoms with Gasteiger partial charge in [0.2, 0.25) is 0 Å². The van der Waals surface area contributed by atoms with E-state index >= 15 is 0 Å². The van der Waals surface area contributed by atoms with Crippen LogP contribution in [0.1, 0.15) is 67.9 Å². The Labute approximate surface area is 453 Å². The van der Waals surface area contributed by atoms with Crippen molar-refractivity contribution in [2.45, 2.75) is 45.4 Å². The maximum absolute atomic E-state index is 2.52. The minimum absolute atomic E-state index is 0.529. The van der Waals surface area contributed by atoms with Gasteiger partial charge in [0, 0.05) is 33.5 Å². The van der Waals surface area contributed by atoms with E-state index in [1.54, 1.807) is 0 Å². The Morgan fingerprint density at radius 3 is 1.44 bits per heavy atom. The lowest BCUT2D eigenvalue weighted by atomic mass is 9.70. The third-order valence-corrected chi connectivity index (χ3v) is 16.9. The van der Waals surface area contributed by atoms with Crippen LogP contribution in [0.25, 0.3) is 83.1 Å². The molecule has 11 aromatic carbocycles. The molecule has 1 spiro atoms. The van der Waals surface area contributed by atoms with Crippen molar-refractivity contribution in [2.24, 2.45) is 11.8 Å². The zero-order valence-corrected chi connectivity index (χ0v) is 44.2. The molecule has 2 nitrogen and oxygen atoms in total. The van der Waals surface area contributed by atoms with E-state index in [4.69, 9.17) is 0 Å². The molecule has 0 fully saturated rings. The van der Waals surface area contributed by atoms with E-state index in [1.165, 1.54) is 112 Å². The van der Waals surface area contributed by atoms with Gasteiger partial charge in [-0.05, 0) is 180 Å². The van der Waals surface area contributed by atoms with E-state index in [2.05, 4.69) is 298 Å². The fraction of sp³-hybridized carbons (Fsp3) is 0.120. The van der Waals surface area contributed by atoms with Crippen molar-refractivity contribution in [3.8, 4) is 61.3 Å². The van der Waals surface area contributed by atoms with Crippen LogP contribution in [0.15, 0.2) is 261 Å². The Morgan fingerprint density at radius 2 is 0.805 bits per heavy atom. The monoisotopic (exact) mass is 988 g/mol. The minimum Gasteiger partial charge on any atom is -0.310 e. The highest BCUT2D eigenvalue weighted by atomic mass is 15.1. The van der Waals surface area contributed by atoms with Crippen LogP contribution in [-0.4, -0.2) is 4.57 Å². The van der Waals surface area contributed by atoms with Gasteiger partial charge in [-0.2, -0.15) is 0 Å². The van der Waals surface area contributed by atoms with E-state index < -0.39 is 5.41 Å². The molecule has 0 saturated heterocycles. The minimum atomic E-state index is -0.529. The summed E-state index contributed by atoms with van der Waals surface area (Å²) in [6, 6.07) is 97.8. The molecule has 2 atom stereocenters. The molecule has 0 radical (unpaired) electrons. The van der Waals surface area contributed by atoms with Gasteiger partial charge >= 0.3 is 0 Å². The average Bonchev–Trinajstić information content (AvgIpc) is 4.09. The van der Waals surface area contributed by atoms with Gasteiger partial charge in [0.25, 0.3) is 0 Å². The maximum Gasteiger partial charge on any atom is 0.0726 e. The second-order valence-corrected chi connectivity index (χ2v) is 22.1. The number of benzene rings is 11. The summed E-state index contributed by atoms with van der Waals surface area (Å²) in [6.07, 6.45) is 1.19. The first-order valence-corrected chi connectivity index (χ1v) is 27.6. The van der Waals surface area contributed by atoms with Gasteiger partial charge in [0.05, 0.1) is 16.4 Å². The van der Waals surface area contributed by atoms with E-state index in [1.807, 2.05) is 0 Å². The molecule has 2 heteroatoms. The number of para-hydroxylation sites is 2. The first-order chi connectivity index (χ1) is 37.8. The predicted octanol–water partition coefficient (Wildman–Crippen LogP) is 20.4. The highest BCUT2D eigenvalue weighted by Gasteiger charge is 2.52. The summed E-state index contributed by atoms with van der Waals surface area (Å²) in [5.41, 5.74) is 25.6. The first-order valence-electron chi connectivity index (χ1n) is 27.6. The molecule has 2 unspecified atom stereocenters. The van der Waals surface area contributed by atoms with Gasteiger partial charge in [-0.15, -0.1) is 0 Å². The molecule has 0 saturated carbocycles. The van der Waals surface area contributed by atoms with Crippen LogP contribution < -0.4 is 4.90 Å². The molecule has 0 N–H and O–H groups in total. The largest absolute Gasteiger partial charge is 0.310 e. The summed E-state index contributed by atoms with van der Waals surface area (Å²) in [4.78, 5) is 2.45. The Hall–Kier alpha value is -8.98. The van der Waals surface area contributed by atoms with E-state index in [9.17, 15) is 0 Å². The molecule has 14 rings (SSSR count). The normalized spacial score (nSPS) is 14.5. The van der Waals surface area contributed by atoms with Crippen molar-refractivity contribution in [1.82, 2.24) is 4.57 Å². The maximum atomic E-state index is 2.52. The van der Waals surface area contributed by atoms with Gasteiger partial charge in [-0.3, -0.25) is 0 Å². The second-order valence-electron chi connectivity index (χ2n) is 22.1. The fourth-order valence-corrected chi connectivity index (χ4v) is 13.4. The molecule has 0 aliphatic heterocycles. The predicted molar refractivity (Wildman–Crippen MR) is 325 cm³/mol. The molecular formula is C75H60N2. The summed E-state index contributed by atoms with van der Waals surface area (Å²) in [7, 11) is 0. The lowest BCUT2D eigenvalue weighted by Gasteiger charge is -2.32. The summed E-state index contributed by atoms with van der Waals surface area (Å²) < 4.78 is 2.38. The molecule has 1 aromatic heterocycles. The zero-order valence-electron chi connectivity index (χ0n) is 44.2. The van der Waals surface area contributed by atoms with E-state index in [-0.39, 0.29) is 0 Å². The fourth-order valence-electron chi connectivity index (χ4n) is 13.4.